The van der Waals surface area contributed by atoms with Crippen LogP contribution in [0.4, 0.5) is 0 Å². The molecule has 0 saturated carbocycles. The van der Waals surface area contributed by atoms with Crippen LogP contribution in [-0.4, -0.2) is 38.2 Å². The molecule has 0 radical (unpaired) electrons. The second kappa shape index (κ2) is 10.5. The molecule has 0 fully saturated rings. The molecule has 0 aliphatic heterocycles. The number of rotatable bonds is 10. The summed E-state index contributed by atoms with van der Waals surface area (Å²) in [6, 6.07) is 16.8. The van der Waals surface area contributed by atoms with E-state index in [2.05, 4.69) is 10.3 Å². The Bertz CT molecular complexity index is 1140. The number of carbonyl (C=O) groups excluding carboxylic acids is 1. The van der Waals surface area contributed by atoms with Gasteiger partial charge in [-0.05, 0) is 49.6 Å². The maximum absolute atomic E-state index is 12.7. The highest BCUT2D eigenvalue weighted by molar-refractivity contribution is 7.91. The zero-order valence-corrected chi connectivity index (χ0v) is 19.3. The van der Waals surface area contributed by atoms with Gasteiger partial charge in [-0.3, -0.25) is 4.79 Å². The molecule has 8 heteroatoms. The monoisotopic (exact) mass is 456 g/mol. The van der Waals surface area contributed by atoms with Crippen molar-refractivity contribution in [2.45, 2.75) is 38.5 Å². The topological polar surface area (TPSA) is 98.5 Å². The van der Waals surface area contributed by atoms with E-state index in [1.807, 2.05) is 37.3 Å². The smallest absolute Gasteiger partial charge is 0.235 e. The molecule has 1 atom stereocenters. The van der Waals surface area contributed by atoms with Gasteiger partial charge < -0.3 is 14.5 Å². The number of aromatic nitrogens is 1. The Morgan fingerprint density at radius 1 is 1.12 bits per heavy atom. The fourth-order valence-corrected chi connectivity index (χ4v) is 4.61. The number of carbonyl (C=O) groups is 1. The maximum atomic E-state index is 12.7. The molecule has 1 N–H and O–H groups in total. The van der Waals surface area contributed by atoms with Gasteiger partial charge >= 0.3 is 0 Å². The average molecular weight is 457 g/mol. The fraction of sp³-hybridized carbons (Fsp3) is 0.333. The Morgan fingerprint density at radius 2 is 1.81 bits per heavy atom. The molecule has 1 aromatic heterocycles. The fourth-order valence-electron chi connectivity index (χ4n) is 3.34. The molecule has 1 amide bonds. The van der Waals surface area contributed by atoms with Crippen molar-refractivity contribution in [2.24, 2.45) is 0 Å². The molecule has 0 aliphatic carbocycles. The van der Waals surface area contributed by atoms with E-state index in [0.717, 1.165) is 5.56 Å². The van der Waals surface area contributed by atoms with Crippen LogP contribution in [-0.2, 0) is 26.8 Å². The number of amides is 1. The highest BCUT2D eigenvalue weighted by atomic mass is 32.2. The number of aryl methyl sites for hydroxylation is 1. The molecular weight excluding hydrogens is 428 g/mol. The number of nitrogens with one attached hydrogen (secondary N) is 1. The first-order valence-corrected chi connectivity index (χ1v) is 12.3. The Kier molecular flexibility index (Phi) is 7.69. The van der Waals surface area contributed by atoms with Gasteiger partial charge in [-0.1, -0.05) is 37.3 Å². The molecule has 32 heavy (non-hydrogen) atoms. The van der Waals surface area contributed by atoms with Crippen LogP contribution in [0.3, 0.4) is 0 Å². The number of sulfone groups is 1. The normalized spacial score (nSPS) is 12.3. The third kappa shape index (κ3) is 6.43. The lowest BCUT2D eigenvalue weighted by Crippen LogP contribution is -2.39. The lowest BCUT2D eigenvalue weighted by Gasteiger charge is -2.17. The van der Waals surface area contributed by atoms with Gasteiger partial charge in [-0.25, -0.2) is 13.4 Å². The SMILES string of the molecule is CC[C@@H](Cc1ccccc1)NC(=O)CS(=O)(=O)Cc1nc(-c2ccc(OC)cc2)oc1C. The second-order valence-corrected chi connectivity index (χ2v) is 9.71. The minimum absolute atomic E-state index is 0.129. The van der Waals surface area contributed by atoms with E-state index in [-0.39, 0.29) is 11.8 Å². The molecule has 0 aliphatic rings. The molecule has 0 spiro atoms. The second-order valence-electron chi connectivity index (χ2n) is 7.65. The Morgan fingerprint density at radius 3 is 2.44 bits per heavy atom. The third-order valence-corrected chi connectivity index (χ3v) is 6.54. The summed E-state index contributed by atoms with van der Waals surface area (Å²) in [5, 5.41) is 2.84. The highest BCUT2D eigenvalue weighted by Gasteiger charge is 2.23. The maximum Gasteiger partial charge on any atom is 0.235 e. The van der Waals surface area contributed by atoms with Crippen LogP contribution in [0.25, 0.3) is 11.5 Å². The van der Waals surface area contributed by atoms with Crippen LogP contribution in [0.2, 0.25) is 0 Å². The van der Waals surface area contributed by atoms with Crippen molar-refractivity contribution >= 4 is 15.7 Å². The number of methoxy groups -OCH3 is 1. The van der Waals surface area contributed by atoms with Gasteiger partial charge in [0.25, 0.3) is 0 Å². The summed E-state index contributed by atoms with van der Waals surface area (Å²) in [5.74, 6) is -0.0269. The first-order valence-electron chi connectivity index (χ1n) is 10.4. The van der Waals surface area contributed by atoms with E-state index in [4.69, 9.17) is 9.15 Å². The van der Waals surface area contributed by atoms with Gasteiger partial charge in [0.1, 0.15) is 17.3 Å². The van der Waals surface area contributed by atoms with E-state index in [1.54, 1.807) is 38.3 Å². The van der Waals surface area contributed by atoms with Crippen LogP contribution in [0.1, 0.15) is 30.4 Å². The number of hydrogen-bond donors (Lipinski definition) is 1. The molecule has 0 saturated heterocycles. The van der Waals surface area contributed by atoms with E-state index in [9.17, 15) is 13.2 Å². The highest BCUT2D eigenvalue weighted by Crippen LogP contribution is 2.25. The van der Waals surface area contributed by atoms with Crippen molar-refractivity contribution < 1.29 is 22.4 Å². The molecule has 3 rings (SSSR count). The lowest BCUT2D eigenvalue weighted by molar-refractivity contribution is -0.119. The van der Waals surface area contributed by atoms with Crippen molar-refractivity contribution in [3.63, 3.8) is 0 Å². The van der Waals surface area contributed by atoms with E-state index in [1.165, 1.54) is 0 Å². The first kappa shape index (κ1) is 23.5. The summed E-state index contributed by atoms with van der Waals surface area (Å²) < 4.78 is 36.1. The van der Waals surface area contributed by atoms with Crippen molar-refractivity contribution in [1.82, 2.24) is 10.3 Å². The zero-order valence-electron chi connectivity index (χ0n) is 18.5. The van der Waals surface area contributed by atoms with Crippen molar-refractivity contribution in [3.05, 3.63) is 71.6 Å². The van der Waals surface area contributed by atoms with E-state index < -0.39 is 21.5 Å². The number of nitrogens with zero attached hydrogens (tertiary/aromatic N) is 1. The van der Waals surface area contributed by atoms with Gasteiger partial charge in [-0.2, -0.15) is 0 Å². The van der Waals surface area contributed by atoms with E-state index in [0.29, 0.717) is 41.5 Å². The summed E-state index contributed by atoms with van der Waals surface area (Å²) in [7, 11) is -2.14. The van der Waals surface area contributed by atoms with Gasteiger partial charge in [0.15, 0.2) is 9.84 Å². The summed E-state index contributed by atoms with van der Waals surface area (Å²) in [5.41, 5.74) is 2.11. The minimum Gasteiger partial charge on any atom is -0.497 e. The predicted molar refractivity (Wildman–Crippen MR) is 123 cm³/mol. The zero-order chi connectivity index (χ0) is 23.1. The van der Waals surface area contributed by atoms with Gasteiger partial charge in [0.05, 0.1) is 18.6 Å². The number of hydrogen-bond acceptors (Lipinski definition) is 6. The summed E-state index contributed by atoms with van der Waals surface area (Å²) in [6.45, 7) is 3.62. The van der Waals surface area contributed by atoms with E-state index >= 15 is 0 Å². The first-order chi connectivity index (χ1) is 15.3. The van der Waals surface area contributed by atoms with Crippen LogP contribution in [0.5, 0.6) is 5.75 Å². The van der Waals surface area contributed by atoms with Crippen LogP contribution < -0.4 is 10.1 Å². The summed E-state index contributed by atoms with van der Waals surface area (Å²) in [4.78, 5) is 16.8. The van der Waals surface area contributed by atoms with Gasteiger partial charge in [0.2, 0.25) is 11.8 Å². The van der Waals surface area contributed by atoms with Crippen molar-refractivity contribution in [2.75, 3.05) is 12.9 Å². The van der Waals surface area contributed by atoms with Crippen LogP contribution in [0.15, 0.2) is 59.0 Å². The third-order valence-electron chi connectivity index (χ3n) is 5.12. The summed E-state index contributed by atoms with van der Waals surface area (Å²) in [6.07, 6.45) is 1.35. The molecule has 2 aromatic carbocycles. The average Bonchev–Trinajstić information content (AvgIpc) is 3.13. The van der Waals surface area contributed by atoms with Crippen LogP contribution >= 0.6 is 0 Å². The molecule has 170 valence electrons. The van der Waals surface area contributed by atoms with Gasteiger partial charge in [0, 0.05) is 11.6 Å². The molecule has 7 nitrogen and oxygen atoms in total. The largest absolute Gasteiger partial charge is 0.497 e. The number of ether oxygens (including phenoxy) is 1. The van der Waals surface area contributed by atoms with Gasteiger partial charge in [-0.15, -0.1) is 0 Å². The van der Waals surface area contributed by atoms with Crippen molar-refractivity contribution in [3.8, 4) is 17.2 Å². The predicted octanol–water partition coefficient (Wildman–Crippen LogP) is 3.71. The molecule has 3 aromatic rings. The molecule has 1 heterocycles. The molecule has 0 unspecified atom stereocenters. The quantitative estimate of drug-likeness (QED) is 0.499. The molecular formula is C24H28N2O5S. The minimum atomic E-state index is -3.72. The van der Waals surface area contributed by atoms with Crippen LogP contribution in [0, 0.1) is 6.92 Å². The van der Waals surface area contributed by atoms with Crippen molar-refractivity contribution in [1.29, 1.82) is 0 Å². The summed E-state index contributed by atoms with van der Waals surface area (Å²) >= 11 is 0. The molecule has 0 bridgehead atoms. The Hall–Kier alpha value is -3.13. The Balaban J connectivity index is 1.62. The lowest BCUT2D eigenvalue weighted by atomic mass is 10.0. The number of oxazole rings is 1. The number of benzene rings is 2. The Labute approximate surface area is 188 Å². The standard InChI is InChI=1S/C24H28N2O5S/c1-4-20(14-18-8-6-5-7-9-18)25-23(27)16-32(28,29)15-22-17(2)31-24(26-22)19-10-12-21(30-3)13-11-19/h5-13,20H,4,14-16H2,1-3H3,(H,25,27)/t20-/m0/s1.